The minimum Gasteiger partial charge on any atom is -0.355 e. The number of rotatable bonds is 7. The van der Waals surface area contributed by atoms with E-state index in [9.17, 15) is 13.2 Å². The molecule has 0 bridgehead atoms. The highest BCUT2D eigenvalue weighted by atomic mass is 32.2. The number of carbonyl (C=O) groups excluding carboxylic acids is 1. The number of hydrogen-bond acceptors (Lipinski definition) is 6. The lowest BCUT2D eigenvalue weighted by molar-refractivity contribution is -0.136. The van der Waals surface area contributed by atoms with E-state index in [4.69, 9.17) is 4.52 Å². The number of aromatic nitrogens is 1. The molecule has 0 radical (unpaired) electrons. The van der Waals surface area contributed by atoms with E-state index in [1.54, 1.807) is 24.3 Å². The molecule has 0 unspecified atom stereocenters. The molecule has 2 aromatic heterocycles. The van der Waals surface area contributed by atoms with E-state index in [1.807, 2.05) is 42.3 Å². The first-order valence-corrected chi connectivity index (χ1v) is 12.2. The minimum absolute atomic E-state index is 0.110. The van der Waals surface area contributed by atoms with E-state index in [0.717, 1.165) is 4.88 Å². The van der Waals surface area contributed by atoms with Crippen LogP contribution < -0.4 is 0 Å². The van der Waals surface area contributed by atoms with Gasteiger partial charge in [-0.1, -0.05) is 11.2 Å². The number of sulfonamides is 1. The number of thiophene rings is 1. The van der Waals surface area contributed by atoms with E-state index in [0.29, 0.717) is 44.7 Å². The first-order valence-electron chi connectivity index (χ1n) is 9.85. The molecule has 9 heteroatoms. The van der Waals surface area contributed by atoms with Gasteiger partial charge in [-0.05, 0) is 57.2 Å². The van der Waals surface area contributed by atoms with E-state index in [1.165, 1.54) is 4.31 Å². The largest absolute Gasteiger partial charge is 0.355 e. The lowest BCUT2D eigenvalue weighted by Crippen LogP contribution is -2.44. The van der Waals surface area contributed by atoms with Crippen molar-refractivity contribution in [1.82, 2.24) is 14.4 Å². The van der Waals surface area contributed by atoms with Gasteiger partial charge < -0.3 is 9.42 Å². The number of carbonyl (C=O) groups is 1. The maximum Gasteiger partial charge on any atom is 0.248 e. The van der Waals surface area contributed by atoms with Gasteiger partial charge in [0.1, 0.15) is 5.69 Å². The highest BCUT2D eigenvalue weighted by Crippen LogP contribution is 2.30. The SMILES string of the molecule is CCN(CC)C(=O)C1CCN(S(=O)(=O)c2c(C)noc2/C=C/c2cccs2)CC1. The van der Waals surface area contributed by atoms with Gasteiger partial charge in [0.25, 0.3) is 0 Å². The van der Waals surface area contributed by atoms with Crippen LogP contribution in [0.4, 0.5) is 0 Å². The van der Waals surface area contributed by atoms with Crippen molar-refractivity contribution in [1.29, 1.82) is 0 Å². The lowest BCUT2D eigenvalue weighted by Gasteiger charge is -2.33. The summed E-state index contributed by atoms with van der Waals surface area (Å²) in [6, 6.07) is 3.87. The third-order valence-electron chi connectivity index (χ3n) is 5.25. The van der Waals surface area contributed by atoms with Gasteiger partial charge in [0.15, 0.2) is 10.7 Å². The van der Waals surface area contributed by atoms with Crippen LogP contribution in [0.2, 0.25) is 0 Å². The molecule has 0 atom stereocenters. The lowest BCUT2D eigenvalue weighted by atomic mass is 9.96. The monoisotopic (exact) mass is 437 g/mol. The molecule has 0 spiro atoms. The average molecular weight is 438 g/mol. The van der Waals surface area contributed by atoms with Crippen LogP contribution in [0, 0.1) is 12.8 Å². The Kier molecular flexibility index (Phi) is 6.92. The molecule has 3 heterocycles. The first-order chi connectivity index (χ1) is 13.9. The van der Waals surface area contributed by atoms with Crippen LogP contribution in [0.3, 0.4) is 0 Å². The van der Waals surface area contributed by atoms with Crippen LogP contribution >= 0.6 is 11.3 Å². The van der Waals surface area contributed by atoms with Crippen molar-refractivity contribution < 1.29 is 17.7 Å². The van der Waals surface area contributed by atoms with E-state index < -0.39 is 10.0 Å². The fourth-order valence-corrected chi connectivity index (χ4v) is 5.95. The summed E-state index contributed by atoms with van der Waals surface area (Å²) < 4.78 is 33.3. The summed E-state index contributed by atoms with van der Waals surface area (Å²) in [5.74, 6) is 0.230. The van der Waals surface area contributed by atoms with Crippen LogP contribution in [-0.4, -0.2) is 54.9 Å². The second-order valence-corrected chi connectivity index (χ2v) is 9.85. The van der Waals surface area contributed by atoms with Gasteiger partial charge in [0.05, 0.1) is 0 Å². The van der Waals surface area contributed by atoms with Crippen molar-refractivity contribution in [2.75, 3.05) is 26.2 Å². The number of nitrogens with zero attached hydrogens (tertiary/aromatic N) is 3. The molecule has 0 aromatic carbocycles. The van der Waals surface area contributed by atoms with Gasteiger partial charge >= 0.3 is 0 Å². The quantitative estimate of drug-likeness (QED) is 0.662. The topological polar surface area (TPSA) is 83.7 Å². The molecule has 1 amide bonds. The summed E-state index contributed by atoms with van der Waals surface area (Å²) in [5.41, 5.74) is 0.345. The van der Waals surface area contributed by atoms with Gasteiger partial charge in [-0.25, -0.2) is 8.42 Å². The van der Waals surface area contributed by atoms with Crippen molar-refractivity contribution in [3.8, 4) is 0 Å². The number of piperidine rings is 1. The Balaban J connectivity index is 1.76. The molecule has 2 aromatic rings. The van der Waals surface area contributed by atoms with E-state index in [2.05, 4.69) is 5.16 Å². The van der Waals surface area contributed by atoms with Crippen LogP contribution in [0.1, 0.15) is 43.0 Å². The molecule has 1 aliphatic heterocycles. The predicted octanol–water partition coefficient (Wildman–Crippen LogP) is 3.48. The Morgan fingerprint density at radius 3 is 2.59 bits per heavy atom. The second kappa shape index (κ2) is 9.23. The molecule has 1 aliphatic rings. The molecular formula is C20H27N3O4S2. The fraction of sp³-hybridized carbons (Fsp3) is 0.500. The Hall–Kier alpha value is -1.97. The molecule has 29 heavy (non-hydrogen) atoms. The van der Waals surface area contributed by atoms with Gasteiger partial charge in [-0.15, -0.1) is 11.3 Å². The minimum atomic E-state index is -3.75. The van der Waals surface area contributed by atoms with Crippen molar-refractivity contribution in [3.63, 3.8) is 0 Å². The van der Waals surface area contributed by atoms with Gasteiger partial charge in [-0.2, -0.15) is 4.31 Å². The number of hydrogen-bond donors (Lipinski definition) is 0. The molecule has 3 rings (SSSR count). The third kappa shape index (κ3) is 4.62. The standard InChI is InChI=1S/C20H27N3O4S2/c1-4-22(5-2)20(24)16-10-12-23(13-11-16)29(25,26)19-15(3)21-27-18(19)9-8-17-7-6-14-28-17/h6-9,14,16H,4-5,10-13H2,1-3H3/b9-8+. The highest BCUT2D eigenvalue weighted by molar-refractivity contribution is 7.89. The predicted molar refractivity (Wildman–Crippen MR) is 114 cm³/mol. The molecule has 0 saturated carbocycles. The Morgan fingerprint density at radius 1 is 1.31 bits per heavy atom. The molecule has 0 N–H and O–H groups in total. The molecule has 0 aliphatic carbocycles. The number of amides is 1. The van der Waals surface area contributed by atoms with Crippen LogP contribution in [0.5, 0.6) is 0 Å². The van der Waals surface area contributed by atoms with Crippen molar-refractivity contribution in [2.24, 2.45) is 5.92 Å². The molecular weight excluding hydrogens is 410 g/mol. The van der Waals surface area contributed by atoms with Crippen LogP contribution in [0.15, 0.2) is 26.9 Å². The fourth-order valence-electron chi connectivity index (χ4n) is 3.61. The van der Waals surface area contributed by atoms with Gasteiger partial charge in [0.2, 0.25) is 15.9 Å². The summed E-state index contributed by atoms with van der Waals surface area (Å²) in [5, 5.41) is 5.83. The zero-order chi connectivity index (χ0) is 21.0. The van der Waals surface area contributed by atoms with Gasteiger partial charge in [-0.3, -0.25) is 4.79 Å². The van der Waals surface area contributed by atoms with E-state index in [-0.39, 0.29) is 22.5 Å². The zero-order valence-corrected chi connectivity index (χ0v) is 18.6. The molecule has 7 nitrogen and oxygen atoms in total. The Labute approximate surface area is 176 Å². The summed E-state index contributed by atoms with van der Waals surface area (Å²) in [7, 11) is -3.75. The average Bonchev–Trinajstić information content (AvgIpc) is 3.37. The van der Waals surface area contributed by atoms with Crippen molar-refractivity contribution in [2.45, 2.75) is 38.5 Å². The van der Waals surface area contributed by atoms with Crippen LogP contribution in [-0.2, 0) is 14.8 Å². The smallest absolute Gasteiger partial charge is 0.248 e. The number of aryl methyl sites for hydroxylation is 1. The summed E-state index contributed by atoms with van der Waals surface area (Å²) >= 11 is 1.55. The zero-order valence-electron chi connectivity index (χ0n) is 17.0. The Morgan fingerprint density at radius 2 is 2.00 bits per heavy atom. The van der Waals surface area contributed by atoms with Gasteiger partial charge in [0, 0.05) is 37.0 Å². The first kappa shape index (κ1) is 21.7. The normalized spacial score (nSPS) is 16.5. The summed E-state index contributed by atoms with van der Waals surface area (Å²) in [6.07, 6.45) is 4.52. The van der Waals surface area contributed by atoms with Crippen LogP contribution in [0.25, 0.3) is 12.2 Å². The van der Waals surface area contributed by atoms with E-state index >= 15 is 0 Å². The van der Waals surface area contributed by atoms with Crippen molar-refractivity contribution in [3.05, 3.63) is 33.8 Å². The maximum absolute atomic E-state index is 13.3. The molecule has 158 valence electrons. The second-order valence-electron chi connectivity index (χ2n) is 7.00. The maximum atomic E-state index is 13.3. The molecule has 1 saturated heterocycles. The third-order valence-corrected chi connectivity index (χ3v) is 8.15. The summed E-state index contributed by atoms with van der Waals surface area (Å²) in [6.45, 7) is 7.54. The van der Waals surface area contributed by atoms with Crippen molar-refractivity contribution >= 4 is 39.4 Å². The highest BCUT2D eigenvalue weighted by Gasteiger charge is 2.36. The Bertz CT molecular complexity index is 952. The molecule has 1 fully saturated rings. The summed E-state index contributed by atoms with van der Waals surface area (Å²) in [4.78, 5) is 15.5.